The van der Waals surface area contributed by atoms with Gasteiger partial charge in [0.05, 0.1) is 18.0 Å². The van der Waals surface area contributed by atoms with Crippen LogP contribution in [0.15, 0.2) is 35.2 Å². The molecule has 1 saturated heterocycles. The van der Waals surface area contributed by atoms with Gasteiger partial charge in [-0.1, -0.05) is 6.92 Å². The first-order chi connectivity index (χ1) is 11.9. The highest BCUT2D eigenvalue weighted by atomic mass is 32.2. The van der Waals surface area contributed by atoms with Gasteiger partial charge < -0.3 is 10.1 Å². The monoisotopic (exact) mass is 362 g/mol. The molecule has 1 aromatic heterocycles. The number of aromatic nitrogens is 2. The number of methoxy groups -OCH3 is 1. The second-order valence-electron chi connectivity index (χ2n) is 5.98. The average Bonchev–Trinajstić information content (AvgIpc) is 2.57. The van der Waals surface area contributed by atoms with Gasteiger partial charge in [0, 0.05) is 24.8 Å². The largest absolute Gasteiger partial charge is 0.497 e. The number of nitrogens with zero attached hydrogens (tertiary/aromatic N) is 3. The smallest absolute Gasteiger partial charge is 0.243 e. The van der Waals surface area contributed by atoms with E-state index in [0.29, 0.717) is 24.7 Å². The molecule has 0 atom stereocenters. The number of anilines is 1. The van der Waals surface area contributed by atoms with Crippen molar-refractivity contribution in [3.05, 3.63) is 41.9 Å². The number of rotatable bonds is 6. The summed E-state index contributed by atoms with van der Waals surface area (Å²) in [5.41, 5.74) is 0.969. The lowest BCUT2D eigenvalue weighted by atomic mass is 10.2. The zero-order valence-electron chi connectivity index (χ0n) is 14.6. The summed E-state index contributed by atoms with van der Waals surface area (Å²) in [6.07, 6.45) is 0.834. The molecule has 1 N–H and O–H groups in total. The van der Waals surface area contributed by atoms with E-state index in [4.69, 9.17) is 4.74 Å². The number of ether oxygens (including phenoxy) is 1. The predicted molar refractivity (Wildman–Crippen MR) is 95.3 cm³/mol. The second-order valence-corrected chi connectivity index (χ2v) is 7.92. The average molecular weight is 362 g/mol. The van der Waals surface area contributed by atoms with E-state index in [-0.39, 0.29) is 10.9 Å². The lowest BCUT2D eigenvalue weighted by Crippen LogP contribution is -2.56. The van der Waals surface area contributed by atoms with E-state index in [1.54, 1.807) is 31.4 Å². The fraction of sp³-hybridized carbons (Fsp3) is 0.412. The highest BCUT2D eigenvalue weighted by molar-refractivity contribution is 7.89. The van der Waals surface area contributed by atoms with Gasteiger partial charge in [0.15, 0.2) is 0 Å². The molecule has 25 heavy (non-hydrogen) atoms. The van der Waals surface area contributed by atoms with E-state index in [9.17, 15) is 8.42 Å². The van der Waals surface area contributed by atoms with Crippen LogP contribution in [-0.2, 0) is 16.4 Å². The SMILES string of the molecule is CCc1cc(NC2CN(S(=O)(=O)c3ccc(OC)cc3)C2)nc(C)n1. The van der Waals surface area contributed by atoms with Crippen molar-refractivity contribution in [1.29, 1.82) is 0 Å². The molecular weight excluding hydrogens is 340 g/mol. The van der Waals surface area contributed by atoms with Crippen molar-refractivity contribution in [2.45, 2.75) is 31.2 Å². The Bertz CT molecular complexity index is 847. The molecule has 0 radical (unpaired) electrons. The van der Waals surface area contributed by atoms with E-state index < -0.39 is 10.0 Å². The van der Waals surface area contributed by atoms with Crippen molar-refractivity contribution in [3.63, 3.8) is 0 Å². The van der Waals surface area contributed by atoms with Gasteiger partial charge >= 0.3 is 0 Å². The molecule has 0 amide bonds. The Hall–Kier alpha value is -2.19. The molecule has 0 bridgehead atoms. The Morgan fingerprint density at radius 3 is 2.52 bits per heavy atom. The molecule has 0 unspecified atom stereocenters. The molecule has 134 valence electrons. The highest BCUT2D eigenvalue weighted by Crippen LogP contribution is 2.25. The third-order valence-electron chi connectivity index (χ3n) is 4.15. The predicted octanol–water partition coefficient (Wildman–Crippen LogP) is 1.84. The minimum Gasteiger partial charge on any atom is -0.497 e. The van der Waals surface area contributed by atoms with Gasteiger partial charge in [0.1, 0.15) is 17.4 Å². The van der Waals surface area contributed by atoms with E-state index in [1.165, 1.54) is 4.31 Å². The van der Waals surface area contributed by atoms with Crippen LogP contribution in [0.3, 0.4) is 0 Å². The van der Waals surface area contributed by atoms with Crippen molar-refractivity contribution in [3.8, 4) is 5.75 Å². The van der Waals surface area contributed by atoms with Crippen LogP contribution in [0.4, 0.5) is 5.82 Å². The Labute approximate surface area is 148 Å². The molecule has 1 aliphatic rings. The molecule has 1 aliphatic heterocycles. The Morgan fingerprint density at radius 2 is 1.92 bits per heavy atom. The molecule has 1 fully saturated rings. The molecule has 2 aromatic rings. The maximum absolute atomic E-state index is 12.6. The summed E-state index contributed by atoms with van der Waals surface area (Å²) < 4.78 is 31.7. The molecule has 0 spiro atoms. The van der Waals surface area contributed by atoms with Gasteiger partial charge in [-0.25, -0.2) is 18.4 Å². The van der Waals surface area contributed by atoms with Gasteiger partial charge in [-0.15, -0.1) is 0 Å². The van der Waals surface area contributed by atoms with E-state index in [1.807, 2.05) is 19.9 Å². The summed E-state index contributed by atoms with van der Waals surface area (Å²) >= 11 is 0. The molecule has 8 heteroatoms. The molecule has 0 aliphatic carbocycles. The Morgan fingerprint density at radius 1 is 1.24 bits per heavy atom. The van der Waals surface area contributed by atoms with Crippen LogP contribution >= 0.6 is 0 Å². The third-order valence-corrected chi connectivity index (χ3v) is 6.00. The number of hydrogen-bond donors (Lipinski definition) is 1. The number of benzene rings is 1. The summed E-state index contributed by atoms with van der Waals surface area (Å²) in [6, 6.07) is 8.39. The summed E-state index contributed by atoms with van der Waals surface area (Å²) in [5.74, 6) is 2.09. The van der Waals surface area contributed by atoms with E-state index in [0.717, 1.165) is 17.9 Å². The van der Waals surface area contributed by atoms with Gasteiger partial charge in [0.2, 0.25) is 10.0 Å². The second kappa shape index (κ2) is 6.97. The van der Waals surface area contributed by atoms with Crippen molar-refractivity contribution in [2.24, 2.45) is 0 Å². The summed E-state index contributed by atoms with van der Waals surface area (Å²) in [5, 5.41) is 3.29. The molecular formula is C17H22N4O3S. The van der Waals surface area contributed by atoms with E-state index in [2.05, 4.69) is 15.3 Å². The molecule has 0 saturated carbocycles. The van der Waals surface area contributed by atoms with Crippen molar-refractivity contribution in [1.82, 2.24) is 14.3 Å². The fourth-order valence-corrected chi connectivity index (χ4v) is 4.25. The number of nitrogens with one attached hydrogen (secondary N) is 1. The van der Waals surface area contributed by atoms with Gasteiger partial charge in [-0.2, -0.15) is 4.31 Å². The number of hydrogen-bond acceptors (Lipinski definition) is 6. The normalized spacial score (nSPS) is 15.6. The quantitative estimate of drug-likeness (QED) is 0.844. The zero-order chi connectivity index (χ0) is 18.0. The van der Waals surface area contributed by atoms with Crippen LogP contribution in [0.2, 0.25) is 0 Å². The Kier molecular flexibility index (Phi) is 4.91. The molecule has 7 nitrogen and oxygen atoms in total. The summed E-state index contributed by atoms with van der Waals surface area (Å²) in [7, 11) is -1.92. The third kappa shape index (κ3) is 3.74. The van der Waals surface area contributed by atoms with Gasteiger partial charge in [-0.05, 0) is 37.6 Å². The molecule has 3 rings (SSSR count). The minimum absolute atomic E-state index is 0.0482. The zero-order valence-corrected chi connectivity index (χ0v) is 15.4. The van der Waals surface area contributed by atoms with Crippen molar-refractivity contribution < 1.29 is 13.2 Å². The number of aryl methyl sites for hydroxylation is 2. The molecule has 1 aromatic carbocycles. The first-order valence-corrected chi connectivity index (χ1v) is 9.61. The van der Waals surface area contributed by atoms with Crippen LogP contribution in [-0.4, -0.2) is 48.9 Å². The van der Waals surface area contributed by atoms with Crippen LogP contribution in [0.25, 0.3) is 0 Å². The lowest BCUT2D eigenvalue weighted by molar-refractivity contribution is 0.280. The summed E-state index contributed by atoms with van der Waals surface area (Å²) in [4.78, 5) is 8.98. The van der Waals surface area contributed by atoms with Crippen LogP contribution in [0.1, 0.15) is 18.4 Å². The van der Waals surface area contributed by atoms with Crippen LogP contribution in [0.5, 0.6) is 5.75 Å². The van der Waals surface area contributed by atoms with Crippen molar-refractivity contribution in [2.75, 3.05) is 25.5 Å². The van der Waals surface area contributed by atoms with Crippen LogP contribution in [0, 0.1) is 6.92 Å². The lowest BCUT2D eigenvalue weighted by Gasteiger charge is -2.38. The topological polar surface area (TPSA) is 84.4 Å². The first kappa shape index (κ1) is 17.6. The van der Waals surface area contributed by atoms with E-state index >= 15 is 0 Å². The highest BCUT2D eigenvalue weighted by Gasteiger charge is 2.36. The number of sulfonamides is 1. The standard InChI is InChI=1S/C17H22N4O3S/c1-4-13-9-17(19-12(2)18-13)20-14-10-21(11-14)25(22,23)16-7-5-15(24-3)6-8-16/h5-9,14H,4,10-11H2,1-3H3,(H,18,19,20). The van der Waals surface area contributed by atoms with Gasteiger partial charge in [-0.3, -0.25) is 0 Å². The Balaban J connectivity index is 1.64. The van der Waals surface area contributed by atoms with Crippen LogP contribution < -0.4 is 10.1 Å². The first-order valence-electron chi connectivity index (χ1n) is 8.17. The molecule has 2 heterocycles. The maximum Gasteiger partial charge on any atom is 0.243 e. The minimum atomic E-state index is -3.47. The summed E-state index contributed by atoms with van der Waals surface area (Å²) in [6.45, 7) is 4.72. The fourth-order valence-electron chi connectivity index (χ4n) is 2.72. The van der Waals surface area contributed by atoms with Gasteiger partial charge in [0.25, 0.3) is 0 Å². The van der Waals surface area contributed by atoms with Crippen molar-refractivity contribution >= 4 is 15.8 Å². The maximum atomic E-state index is 12.6.